The molecule has 1 unspecified atom stereocenters. The molecule has 3 heteroatoms. The van der Waals surface area contributed by atoms with Crippen LogP contribution < -0.4 is 5.32 Å². The quantitative estimate of drug-likeness (QED) is 0.789. The number of aryl methyl sites for hydroxylation is 2. The van der Waals surface area contributed by atoms with Crippen LogP contribution in [0.4, 0.5) is 5.69 Å². The van der Waals surface area contributed by atoms with E-state index < -0.39 is 0 Å². The molecule has 2 N–H and O–H groups in total. The van der Waals surface area contributed by atoms with Crippen LogP contribution in [0.3, 0.4) is 0 Å². The SMILES string of the molecule is Cc1cc(NC(C)CCc2ccco2)ccc1O. The molecule has 0 aliphatic heterocycles. The third-order valence-electron chi connectivity index (χ3n) is 3.01. The fraction of sp³-hybridized carbons (Fsp3) is 0.333. The number of rotatable bonds is 5. The van der Waals surface area contributed by atoms with E-state index in [1.807, 2.05) is 31.2 Å². The fourth-order valence-corrected chi connectivity index (χ4v) is 1.92. The molecule has 1 aromatic heterocycles. The number of furan rings is 1. The Hall–Kier alpha value is -1.90. The third-order valence-corrected chi connectivity index (χ3v) is 3.01. The smallest absolute Gasteiger partial charge is 0.118 e. The zero-order chi connectivity index (χ0) is 13.0. The lowest BCUT2D eigenvalue weighted by molar-refractivity contribution is 0.471. The van der Waals surface area contributed by atoms with Crippen molar-refractivity contribution >= 4 is 5.69 Å². The molecular weight excluding hydrogens is 226 g/mol. The Balaban J connectivity index is 1.86. The Morgan fingerprint density at radius 3 is 2.83 bits per heavy atom. The molecule has 3 nitrogen and oxygen atoms in total. The number of phenols is 1. The van der Waals surface area contributed by atoms with Crippen molar-refractivity contribution in [3.05, 3.63) is 47.9 Å². The first kappa shape index (κ1) is 12.6. The average molecular weight is 245 g/mol. The van der Waals surface area contributed by atoms with Crippen LogP contribution in [0, 0.1) is 6.92 Å². The van der Waals surface area contributed by atoms with Gasteiger partial charge in [0.25, 0.3) is 0 Å². The first-order valence-corrected chi connectivity index (χ1v) is 6.23. The molecular formula is C15H19NO2. The fourth-order valence-electron chi connectivity index (χ4n) is 1.92. The zero-order valence-electron chi connectivity index (χ0n) is 10.8. The van der Waals surface area contributed by atoms with Crippen LogP contribution in [-0.2, 0) is 6.42 Å². The molecule has 0 saturated heterocycles. The zero-order valence-corrected chi connectivity index (χ0v) is 10.8. The second kappa shape index (κ2) is 5.63. The van der Waals surface area contributed by atoms with Gasteiger partial charge in [-0.2, -0.15) is 0 Å². The van der Waals surface area contributed by atoms with E-state index in [4.69, 9.17) is 4.42 Å². The van der Waals surface area contributed by atoms with Gasteiger partial charge in [0, 0.05) is 18.2 Å². The van der Waals surface area contributed by atoms with E-state index in [-0.39, 0.29) is 0 Å². The number of phenolic OH excluding ortho intramolecular Hbond substituents is 1. The van der Waals surface area contributed by atoms with E-state index in [9.17, 15) is 5.11 Å². The summed E-state index contributed by atoms with van der Waals surface area (Å²) >= 11 is 0. The summed E-state index contributed by atoms with van der Waals surface area (Å²) in [6.07, 6.45) is 3.64. The molecule has 0 spiro atoms. The van der Waals surface area contributed by atoms with E-state index in [1.54, 1.807) is 12.3 Å². The summed E-state index contributed by atoms with van der Waals surface area (Å²) in [5.74, 6) is 1.36. The maximum Gasteiger partial charge on any atom is 0.118 e. The summed E-state index contributed by atoms with van der Waals surface area (Å²) in [5, 5.41) is 12.9. The third kappa shape index (κ3) is 3.29. The highest BCUT2D eigenvalue weighted by Crippen LogP contribution is 2.21. The topological polar surface area (TPSA) is 45.4 Å². The van der Waals surface area contributed by atoms with Crippen molar-refractivity contribution in [2.45, 2.75) is 32.7 Å². The first-order chi connectivity index (χ1) is 8.65. The highest BCUT2D eigenvalue weighted by atomic mass is 16.3. The summed E-state index contributed by atoms with van der Waals surface area (Å²) in [6, 6.07) is 9.84. The lowest BCUT2D eigenvalue weighted by atomic mass is 10.1. The Kier molecular flexibility index (Phi) is 3.92. The second-order valence-electron chi connectivity index (χ2n) is 4.66. The van der Waals surface area contributed by atoms with Crippen LogP contribution in [-0.4, -0.2) is 11.1 Å². The van der Waals surface area contributed by atoms with Gasteiger partial charge in [-0.1, -0.05) is 0 Å². The summed E-state index contributed by atoms with van der Waals surface area (Å²) in [5.41, 5.74) is 1.93. The summed E-state index contributed by atoms with van der Waals surface area (Å²) in [6.45, 7) is 4.04. The van der Waals surface area contributed by atoms with Crippen LogP contribution >= 0.6 is 0 Å². The van der Waals surface area contributed by atoms with Crippen LogP contribution in [0.2, 0.25) is 0 Å². The van der Waals surface area contributed by atoms with Gasteiger partial charge in [0.1, 0.15) is 11.5 Å². The molecule has 0 aliphatic carbocycles. The molecule has 0 fully saturated rings. The van der Waals surface area contributed by atoms with Crippen molar-refractivity contribution < 1.29 is 9.52 Å². The van der Waals surface area contributed by atoms with E-state index in [0.29, 0.717) is 11.8 Å². The van der Waals surface area contributed by atoms with Crippen LogP contribution in [0.25, 0.3) is 0 Å². The predicted molar refractivity (Wildman–Crippen MR) is 73.0 cm³/mol. The lowest BCUT2D eigenvalue weighted by Gasteiger charge is -2.15. The molecule has 0 amide bonds. The monoisotopic (exact) mass is 245 g/mol. The van der Waals surface area contributed by atoms with Crippen molar-refractivity contribution in [3.8, 4) is 5.75 Å². The lowest BCUT2D eigenvalue weighted by Crippen LogP contribution is -2.15. The van der Waals surface area contributed by atoms with Gasteiger partial charge in [0.15, 0.2) is 0 Å². The maximum absolute atomic E-state index is 9.47. The molecule has 1 heterocycles. The van der Waals surface area contributed by atoms with Crippen molar-refractivity contribution in [2.24, 2.45) is 0 Å². The van der Waals surface area contributed by atoms with Gasteiger partial charge < -0.3 is 14.8 Å². The number of nitrogens with one attached hydrogen (secondary N) is 1. The Morgan fingerprint density at radius 1 is 1.33 bits per heavy atom. The molecule has 2 aromatic rings. The summed E-state index contributed by atoms with van der Waals surface area (Å²) < 4.78 is 5.31. The van der Waals surface area contributed by atoms with Crippen LogP contribution in [0.15, 0.2) is 41.0 Å². The van der Waals surface area contributed by atoms with E-state index in [2.05, 4.69) is 12.2 Å². The number of hydrogen-bond acceptors (Lipinski definition) is 3. The van der Waals surface area contributed by atoms with Gasteiger partial charge >= 0.3 is 0 Å². The van der Waals surface area contributed by atoms with Gasteiger partial charge in [-0.05, 0) is 56.2 Å². The average Bonchev–Trinajstić information content (AvgIpc) is 2.84. The van der Waals surface area contributed by atoms with Gasteiger partial charge in [0.05, 0.1) is 6.26 Å². The Morgan fingerprint density at radius 2 is 2.17 bits per heavy atom. The van der Waals surface area contributed by atoms with Gasteiger partial charge in [0.2, 0.25) is 0 Å². The second-order valence-corrected chi connectivity index (χ2v) is 4.66. The molecule has 2 rings (SSSR count). The van der Waals surface area contributed by atoms with Crippen molar-refractivity contribution in [1.82, 2.24) is 0 Å². The molecule has 0 radical (unpaired) electrons. The molecule has 0 aliphatic rings. The Bertz CT molecular complexity index is 491. The maximum atomic E-state index is 9.47. The van der Waals surface area contributed by atoms with E-state index in [0.717, 1.165) is 29.9 Å². The summed E-state index contributed by atoms with van der Waals surface area (Å²) in [4.78, 5) is 0. The first-order valence-electron chi connectivity index (χ1n) is 6.23. The highest BCUT2D eigenvalue weighted by Gasteiger charge is 2.05. The minimum Gasteiger partial charge on any atom is -0.508 e. The minimum absolute atomic E-state index is 0.337. The Labute approximate surface area is 107 Å². The predicted octanol–water partition coefficient (Wildman–Crippen LogP) is 3.73. The minimum atomic E-state index is 0.337. The molecule has 1 atom stereocenters. The molecule has 18 heavy (non-hydrogen) atoms. The standard InChI is InChI=1S/C15H19NO2/c1-11-10-13(6-8-15(11)17)16-12(2)5-7-14-4-3-9-18-14/h3-4,6,8-10,12,16-17H,5,7H2,1-2H3. The highest BCUT2D eigenvalue weighted by molar-refractivity contribution is 5.50. The molecule has 1 aromatic carbocycles. The molecule has 0 saturated carbocycles. The van der Waals surface area contributed by atoms with Crippen molar-refractivity contribution in [3.63, 3.8) is 0 Å². The molecule has 0 bridgehead atoms. The van der Waals surface area contributed by atoms with E-state index >= 15 is 0 Å². The molecule has 96 valence electrons. The number of anilines is 1. The van der Waals surface area contributed by atoms with Gasteiger partial charge in [-0.15, -0.1) is 0 Å². The van der Waals surface area contributed by atoms with Gasteiger partial charge in [-0.3, -0.25) is 0 Å². The number of benzene rings is 1. The van der Waals surface area contributed by atoms with Crippen LogP contribution in [0.5, 0.6) is 5.75 Å². The number of hydrogen-bond donors (Lipinski definition) is 2. The normalized spacial score (nSPS) is 12.3. The van der Waals surface area contributed by atoms with Gasteiger partial charge in [-0.25, -0.2) is 0 Å². The van der Waals surface area contributed by atoms with Crippen LogP contribution in [0.1, 0.15) is 24.7 Å². The summed E-state index contributed by atoms with van der Waals surface area (Å²) in [7, 11) is 0. The van der Waals surface area contributed by atoms with E-state index in [1.165, 1.54) is 0 Å². The van der Waals surface area contributed by atoms with Crippen molar-refractivity contribution in [1.29, 1.82) is 0 Å². The number of aromatic hydroxyl groups is 1. The van der Waals surface area contributed by atoms with Crippen molar-refractivity contribution in [2.75, 3.05) is 5.32 Å². The largest absolute Gasteiger partial charge is 0.508 e.